The number of nitrogens with one attached hydrogen (secondary N) is 3. The summed E-state index contributed by atoms with van der Waals surface area (Å²) in [6, 6.07) is 0.875. The third kappa shape index (κ3) is 5.48. The maximum absolute atomic E-state index is 12.3. The van der Waals surface area contributed by atoms with E-state index in [2.05, 4.69) is 41.4 Å². The number of anilines is 1. The van der Waals surface area contributed by atoms with Crippen molar-refractivity contribution >= 4 is 12.0 Å². The molecule has 2 rings (SSSR count). The zero-order valence-electron chi connectivity index (χ0n) is 15.1. The van der Waals surface area contributed by atoms with Gasteiger partial charge in [-0.1, -0.05) is 20.8 Å². The molecule has 1 aromatic rings. The summed E-state index contributed by atoms with van der Waals surface area (Å²) in [6.07, 6.45) is 4.17. The van der Waals surface area contributed by atoms with Gasteiger partial charge in [0.2, 0.25) is 5.95 Å². The Labute approximate surface area is 147 Å². The van der Waals surface area contributed by atoms with Crippen LogP contribution in [0.3, 0.4) is 0 Å². The second kappa shape index (κ2) is 7.13. The summed E-state index contributed by atoms with van der Waals surface area (Å²) < 4.78 is 4.97. The van der Waals surface area contributed by atoms with Crippen LogP contribution in [-0.4, -0.2) is 28.6 Å². The minimum Gasteiger partial charge on any atom is -0.427 e. The summed E-state index contributed by atoms with van der Waals surface area (Å²) >= 11 is 0. The zero-order valence-corrected chi connectivity index (χ0v) is 15.1. The van der Waals surface area contributed by atoms with Gasteiger partial charge in [0.15, 0.2) is 0 Å². The van der Waals surface area contributed by atoms with Crippen LogP contribution < -0.4 is 16.2 Å². The third-order valence-corrected chi connectivity index (χ3v) is 4.37. The maximum atomic E-state index is 12.3. The monoisotopic (exact) mass is 347 g/mol. The number of ether oxygens (including phenoxy) is 1. The van der Waals surface area contributed by atoms with Gasteiger partial charge in [-0.3, -0.25) is 15.1 Å². The van der Waals surface area contributed by atoms with Crippen LogP contribution in [0.1, 0.15) is 45.7 Å². The predicted octanol–water partition coefficient (Wildman–Crippen LogP) is 2.28. The van der Waals surface area contributed by atoms with Gasteiger partial charge in [-0.05, 0) is 31.6 Å². The van der Waals surface area contributed by atoms with Crippen LogP contribution in [-0.2, 0) is 4.74 Å². The number of nitrogens with zero attached hydrogens (tertiary/aromatic N) is 2. The minimum absolute atomic E-state index is 0.0136. The van der Waals surface area contributed by atoms with Crippen molar-refractivity contribution in [1.29, 1.82) is 5.26 Å². The highest BCUT2D eigenvalue weighted by molar-refractivity contribution is 5.87. The molecule has 0 bridgehead atoms. The van der Waals surface area contributed by atoms with Crippen LogP contribution in [0.2, 0.25) is 0 Å². The van der Waals surface area contributed by atoms with Crippen molar-refractivity contribution in [2.24, 2.45) is 10.8 Å². The molecule has 0 saturated heterocycles. The molecule has 2 amide bonds. The Morgan fingerprint density at radius 2 is 2.20 bits per heavy atom. The molecule has 2 unspecified atom stereocenters. The average Bonchev–Trinajstić information content (AvgIpc) is 2.41. The highest BCUT2D eigenvalue weighted by atomic mass is 16.5. The van der Waals surface area contributed by atoms with E-state index >= 15 is 0 Å². The van der Waals surface area contributed by atoms with Gasteiger partial charge in [0.1, 0.15) is 6.61 Å². The molecular formula is C17H25N5O3. The van der Waals surface area contributed by atoms with Gasteiger partial charge in [-0.2, -0.15) is 5.26 Å². The van der Waals surface area contributed by atoms with E-state index in [0.29, 0.717) is 18.7 Å². The number of urea groups is 1. The second-order valence-corrected chi connectivity index (χ2v) is 7.97. The highest BCUT2D eigenvalue weighted by Gasteiger charge is 2.42. The van der Waals surface area contributed by atoms with Gasteiger partial charge in [0.05, 0.1) is 0 Å². The summed E-state index contributed by atoms with van der Waals surface area (Å²) in [7, 11) is 0. The Morgan fingerprint density at radius 3 is 2.84 bits per heavy atom. The number of aromatic amines is 1. The first-order valence-electron chi connectivity index (χ1n) is 8.27. The number of H-pyrrole nitrogens is 1. The summed E-state index contributed by atoms with van der Waals surface area (Å²) in [5.41, 5.74) is 0.0345. The van der Waals surface area contributed by atoms with Crippen molar-refractivity contribution in [1.82, 2.24) is 15.3 Å². The number of rotatable bonds is 4. The normalized spacial score (nSPS) is 24.8. The molecule has 1 aliphatic carbocycles. The molecule has 0 radical (unpaired) electrons. The number of aromatic nitrogens is 2. The molecule has 1 fully saturated rings. The third-order valence-electron chi connectivity index (χ3n) is 4.37. The van der Waals surface area contributed by atoms with Gasteiger partial charge in [0.25, 0.3) is 11.8 Å². The number of nitriles is 1. The molecule has 0 aromatic carbocycles. The maximum Gasteiger partial charge on any atom is 0.321 e. The van der Waals surface area contributed by atoms with E-state index in [9.17, 15) is 9.59 Å². The Kier molecular flexibility index (Phi) is 5.36. The Balaban J connectivity index is 2.03. The lowest BCUT2D eigenvalue weighted by atomic mass is 9.63. The first-order valence-corrected chi connectivity index (χ1v) is 8.27. The van der Waals surface area contributed by atoms with Crippen molar-refractivity contribution in [3.63, 3.8) is 0 Å². The first-order chi connectivity index (χ1) is 11.6. The van der Waals surface area contributed by atoms with Gasteiger partial charge >= 0.3 is 6.03 Å². The molecule has 1 aliphatic rings. The lowest BCUT2D eigenvalue weighted by Crippen LogP contribution is -2.49. The van der Waals surface area contributed by atoms with E-state index in [0.717, 1.165) is 12.8 Å². The summed E-state index contributed by atoms with van der Waals surface area (Å²) in [6.45, 7) is 8.37. The molecule has 8 nitrogen and oxygen atoms in total. The molecular weight excluding hydrogens is 322 g/mol. The standard InChI is InChI=1S/C17H25N5O3/c1-11-5-13(23)21-14(19-11)22-15(24)20-12-6-16(2,3)8-17(4,7-12)9-25-10-18/h5,12H,6-9H2,1-4H3,(H3,19,20,21,22,23,24). The molecule has 2 atom stereocenters. The molecule has 1 saturated carbocycles. The Morgan fingerprint density at radius 1 is 1.48 bits per heavy atom. The van der Waals surface area contributed by atoms with Crippen molar-refractivity contribution in [2.75, 3.05) is 11.9 Å². The molecule has 136 valence electrons. The lowest BCUT2D eigenvalue weighted by Gasteiger charge is -2.46. The van der Waals surface area contributed by atoms with E-state index in [1.165, 1.54) is 6.07 Å². The minimum atomic E-state index is -0.417. The molecule has 1 heterocycles. The smallest absolute Gasteiger partial charge is 0.321 e. The quantitative estimate of drug-likeness (QED) is 0.722. The Bertz CT molecular complexity index is 737. The molecule has 0 aliphatic heterocycles. The first kappa shape index (κ1) is 18.8. The average molecular weight is 347 g/mol. The fraction of sp³-hybridized carbons (Fsp3) is 0.647. The van der Waals surface area contributed by atoms with Gasteiger partial charge < -0.3 is 10.1 Å². The number of hydrogen-bond donors (Lipinski definition) is 3. The largest absolute Gasteiger partial charge is 0.427 e. The zero-order chi connectivity index (χ0) is 18.7. The second-order valence-electron chi connectivity index (χ2n) is 7.97. The van der Waals surface area contributed by atoms with Gasteiger partial charge in [-0.25, -0.2) is 9.78 Å². The van der Waals surface area contributed by atoms with E-state index in [-0.39, 0.29) is 28.4 Å². The number of hydrogen-bond acceptors (Lipinski definition) is 5. The summed E-state index contributed by atoms with van der Waals surface area (Å²) in [4.78, 5) is 30.3. The van der Waals surface area contributed by atoms with E-state index in [4.69, 9.17) is 10.00 Å². The fourth-order valence-electron chi connectivity index (χ4n) is 4.02. The number of amides is 2. The molecule has 3 N–H and O–H groups in total. The van der Waals surface area contributed by atoms with Gasteiger partial charge in [-0.15, -0.1) is 0 Å². The van der Waals surface area contributed by atoms with Crippen LogP contribution in [0.15, 0.2) is 10.9 Å². The van der Waals surface area contributed by atoms with Crippen LogP contribution in [0, 0.1) is 29.3 Å². The van der Waals surface area contributed by atoms with E-state index < -0.39 is 6.03 Å². The molecule has 8 heteroatoms. The van der Waals surface area contributed by atoms with Crippen molar-refractivity contribution in [3.8, 4) is 6.26 Å². The van der Waals surface area contributed by atoms with E-state index in [1.807, 2.05) is 0 Å². The van der Waals surface area contributed by atoms with Crippen molar-refractivity contribution in [3.05, 3.63) is 22.1 Å². The van der Waals surface area contributed by atoms with Crippen LogP contribution >= 0.6 is 0 Å². The Hall–Kier alpha value is -2.56. The topological polar surface area (TPSA) is 120 Å². The molecule has 25 heavy (non-hydrogen) atoms. The van der Waals surface area contributed by atoms with Crippen LogP contribution in [0.4, 0.5) is 10.7 Å². The van der Waals surface area contributed by atoms with Crippen LogP contribution in [0.5, 0.6) is 0 Å². The summed E-state index contributed by atoms with van der Waals surface area (Å²) in [5, 5.41) is 14.2. The number of aryl methyl sites for hydroxylation is 1. The van der Waals surface area contributed by atoms with E-state index in [1.54, 1.807) is 13.2 Å². The van der Waals surface area contributed by atoms with Crippen molar-refractivity contribution in [2.45, 2.75) is 53.0 Å². The van der Waals surface area contributed by atoms with Crippen LogP contribution in [0.25, 0.3) is 0 Å². The summed E-state index contributed by atoms with van der Waals surface area (Å²) in [5.74, 6) is 0.119. The highest BCUT2D eigenvalue weighted by Crippen LogP contribution is 2.46. The van der Waals surface area contributed by atoms with Gasteiger partial charge in [0, 0.05) is 23.2 Å². The predicted molar refractivity (Wildman–Crippen MR) is 92.8 cm³/mol. The number of carbonyl (C=O) groups excluding carboxylic acids is 1. The van der Waals surface area contributed by atoms with Crippen molar-refractivity contribution < 1.29 is 9.53 Å². The molecule has 1 aromatic heterocycles. The SMILES string of the molecule is Cc1cc(=O)[nH]c(NC(=O)NC2CC(C)(C)CC(C)(COC#N)C2)n1. The fourth-order valence-corrected chi connectivity index (χ4v) is 4.02. The molecule has 0 spiro atoms. The lowest BCUT2D eigenvalue weighted by molar-refractivity contribution is 0.0231. The number of carbonyl (C=O) groups is 1.